The van der Waals surface area contributed by atoms with Gasteiger partial charge in [0.25, 0.3) is 0 Å². The van der Waals surface area contributed by atoms with Gasteiger partial charge < -0.3 is 0 Å². The SMILES string of the molecule is Cc1ccc(-c2nnc(Cl)s2)cc1C. The summed E-state index contributed by atoms with van der Waals surface area (Å²) >= 11 is 7.12. The van der Waals surface area contributed by atoms with Crippen molar-refractivity contribution in [1.29, 1.82) is 0 Å². The van der Waals surface area contributed by atoms with Gasteiger partial charge in [-0.05, 0) is 42.6 Å². The molecule has 2 nitrogen and oxygen atoms in total. The topological polar surface area (TPSA) is 25.8 Å². The van der Waals surface area contributed by atoms with Crippen LogP contribution in [0, 0.1) is 13.8 Å². The van der Waals surface area contributed by atoms with Crippen LogP contribution in [0.1, 0.15) is 11.1 Å². The monoisotopic (exact) mass is 224 g/mol. The van der Waals surface area contributed by atoms with Crippen molar-refractivity contribution in [2.75, 3.05) is 0 Å². The third-order valence-corrected chi connectivity index (χ3v) is 3.22. The first-order valence-corrected chi connectivity index (χ1v) is 5.43. The Kier molecular flexibility index (Phi) is 2.52. The average molecular weight is 225 g/mol. The first-order valence-electron chi connectivity index (χ1n) is 4.23. The highest BCUT2D eigenvalue weighted by Crippen LogP contribution is 2.27. The molecule has 0 aliphatic rings. The van der Waals surface area contributed by atoms with E-state index in [0.717, 1.165) is 10.6 Å². The van der Waals surface area contributed by atoms with Crippen molar-refractivity contribution in [2.45, 2.75) is 13.8 Å². The summed E-state index contributed by atoms with van der Waals surface area (Å²) in [5.41, 5.74) is 3.62. The van der Waals surface area contributed by atoms with Gasteiger partial charge in [0.05, 0.1) is 0 Å². The molecule has 2 aromatic rings. The highest BCUT2D eigenvalue weighted by atomic mass is 35.5. The quantitative estimate of drug-likeness (QED) is 0.741. The van der Waals surface area contributed by atoms with Crippen molar-refractivity contribution in [3.63, 3.8) is 0 Å². The molecule has 0 unspecified atom stereocenters. The molecule has 0 radical (unpaired) electrons. The van der Waals surface area contributed by atoms with Gasteiger partial charge in [-0.2, -0.15) is 0 Å². The molecular weight excluding hydrogens is 216 g/mol. The molecule has 2 rings (SSSR count). The Hall–Kier alpha value is -0.930. The summed E-state index contributed by atoms with van der Waals surface area (Å²) in [6, 6.07) is 6.23. The first kappa shape index (κ1) is 9.62. The van der Waals surface area contributed by atoms with Crippen LogP contribution < -0.4 is 0 Å². The molecule has 0 atom stereocenters. The van der Waals surface area contributed by atoms with E-state index in [4.69, 9.17) is 11.6 Å². The van der Waals surface area contributed by atoms with Crippen LogP contribution in [0.15, 0.2) is 18.2 Å². The van der Waals surface area contributed by atoms with Gasteiger partial charge in [-0.1, -0.05) is 23.5 Å². The molecule has 1 aromatic carbocycles. The fourth-order valence-electron chi connectivity index (χ4n) is 1.20. The fraction of sp³-hybridized carbons (Fsp3) is 0.200. The number of rotatable bonds is 1. The van der Waals surface area contributed by atoms with Crippen molar-refractivity contribution < 1.29 is 0 Å². The van der Waals surface area contributed by atoms with Gasteiger partial charge in [0.1, 0.15) is 5.01 Å². The summed E-state index contributed by atoms with van der Waals surface area (Å²) in [4.78, 5) is 0. The summed E-state index contributed by atoms with van der Waals surface area (Å²) in [6.45, 7) is 4.17. The summed E-state index contributed by atoms with van der Waals surface area (Å²) in [5, 5.41) is 8.65. The number of halogens is 1. The van der Waals surface area contributed by atoms with Gasteiger partial charge in [-0.25, -0.2) is 0 Å². The van der Waals surface area contributed by atoms with Crippen LogP contribution in [-0.2, 0) is 0 Å². The lowest BCUT2D eigenvalue weighted by molar-refractivity contribution is 1.09. The smallest absolute Gasteiger partial charge is 0.137 e. The van der Waals surface area contributed by atoms with Gasteiger partial charge >= 0.3 is 0 Å². The second-order valence-electron chi connectivity index (χ2n) is 3.16. The number of nitrogens with zero attached hydrogens (tertiary/aromatic N) is 2. The van der Waals surface area contributed by atoms with E-state index in [1.807, 2.05) is 6.07 Å². The summed E-state index contributed by atoms with van der Waals surface area (Å²) in [7, 11) is 0. The molecule has 0 aliphatic heterocycles. The molecule has 0 N–H and O–H groups in total. The third-order valence-electron chi connectivity index (χ3n) is 2.15. The standard InChI is InChI=1S/C10H9ClN2S/c1-6-3-4-8(5-7(6)2)9-12-13-10(11)14-9/h3-5H,1-2H3. The maximum Gasteiger partial charge on any atom is 0.207 e. The third kappa shape index (κ3) is 1.79. The second-order valence-corrected chi connectivity index (χ2v) is 4.72. The van der Waals surface area contributed by atoms with Crippen molar-refractivity contribution in [3.8, 4) is 10.6 Å². The van der Waals surface area contributed by atoms with E-state index < -0.39 is 0 Å². The molecule has 4 heteroatoms. The number of aromatic nitrogens is 2. The molecule has 0 bridgehead atoms. The normalized spacial score (nSPS) is 10.5. The first-order chi connectivity index (χ1) is 6.66. The van der Waals surface area contributed by atoms with E-state index in [2.05, 4.69) is 36.2 Å². The maximum absolute atomic E-state index is 5.73. The molecule has 0 fully saturated rings. The number of hydrogen-bond acceptors (Lipinski definition) is 3. The highest BCUT2D eigenvalue weighted by molar-refractivity contribution is 7.18. The Morgan fingerprint density at radius 3 is 2.50 bits per heavy atom. The van der Waals surface area contributed by atoms with E-state index in [9.17, 15) is 0 Å². The van der Waals surface area contributed by atoms with Gasteiger partial charge in [-0.3, -0.25) is 0 Å². The maximum atomic E-state index is 5.73. The van der Waals surface area contributed by atoms with Crippen LogP contribution in [-0.4, -0.2) is 10.2 Å². The molecule has 0 spiro atoms. The minimum atomic E-state index is 0.484. The van der Waals surface area contributed by atoms with Crippen LogP contribution >= 0.6 is 22.9 Å². The second kappa shape index (κ2) is 3.67. The molecular formula is C10H9ClN2S. The zero-order valence-corrected chi connectivity index (χ0v) is 9.49. The van der Waals surface area contributed by atoms with Gasteiger partial charge in [0, 0.05) is 5.56 Å². The molecule has 1 aromatic heterocycles. The van der Waals surface area contributed by atoms with Crippen molar-refractivity contribution >= 4 is 22.9 Å². The van der Waals surface area contributed by atoms with Gasteiger partial charge in [0.15, 0.2) is 0 Å². The highest BCUT2D eigenvalue weighted by Gasteiger charge is 2.05. The van der Waals surface area contributed by atoms with Crippen molar-refractivity contribution in [3.05, 3.63) is 33.8 Å². The lowest BCUT2D eigenvalue weighted by atomic mass is 10.1. The van der Waals surface area contributed by atoms with E-state index in [1.165, 1.54) is 22.5 Å². The van der Waals surface area contributed by atoms with Crippen LogP contribution in [0.5, 0.6) is 0 Å². The molecule has 0 aliphatic carbocycles. The summed E-state index contributed by atoms with van der Waals surface area (Å²) in [5.74, 6) is 0. The average Bonchev–Trinajstić information content (AvgIpc) is 2.57. The Morgan fingerprint density at radius 2 is 1.93 bits per heavy atom. The minimum absolute atomic E-state index is 0.484. The van der Waals surface area contributed by atoms with E-state index in [1.54, 1.807) is 0 Å². The summed E-state index contributed by atoms with van der Waals surface area (Å²) < 4.78 is 0.484. The van der Waals surface area contributed by atoms with Crippen LogP contribution in [0.3, 0.4) is 0 Å². The minimum Gasteiger partial charge on any atom is -0.137 e. The number of aryl methyl sites for hydroxylation is 2. The van der Waals surface area contributed by atoms with E-state index in [-0.39, 0.29) is 0 Å². The molecule has 1 heterocycles. The predicted octanol–water partition coefficient (Wildman–Crippen LogP) is 3.48. The Bertz CT molecular complexity index is 465. The fourth-order valence-corrected chi connectivity index (χ4v) is 2.02. The number of hydrogen-bond donors (Lipinski definition) is 0. The Morgan fingerprint density at radius 1 is 1.14 bits per heavy atom. The van der Waals surface area contributed by atoms with Crippen molar-refractivity contribution in [1.82, 2.24) is 10.2 Å². The Balaban J connectivity index is 2.47. The zero-order chi connectivity index (χ0) is 10.1. The van der Waals surface area contributed by atoms with Crippen LogP contribution in [0.2, 0.25) is 4.47 Å². The zero-order valence-electron chi connectivity index (χ0n) is 7.91. The largest absolute Gasteiger partial charge is 0.207 e. The Labute approximate surface area is 91.6 Å². The summed E-state index contributed by atoms with van der Waals surface area (Å²) in [6.07, 6.45) is 0. The lowest BCUT2D eigenvalue weighted by Gasteiger charge is -2.00. The van der Waals surface area contributed by atoms with Crippen LogP contribution in [0.25, 0.3) is 10.6 Å². The van der Waals surface area contributed by atoms with Crippen LogP contribution in [0.4, 0.5) is 0 Å². The molecule has 0 amide bonds. The lowest BCUT2D eigenvalue weighted by Crippen LogP contribution is -1.82. The molecule has 0 saturated heterocycles. The van der Waals surface area contributed by atoms with E-state index >= 15 is 0 Å². The molecule has 72 valence electrons. The predicted molar refractivity (Wildman–Crippen MR) is 59.8 cm³/mol. The van der Waals surface area contributed by atoms with E-state index in [0.29, 0.717) is 4.47 Å². The molecule has 0 saturated carbocycles. The number of benzene rings is 1. The van der Waals surface area contributed by atoms with Gasteiger partial charge in [0.2, 0.25) is 4.47 Å². The van der Waals surface area contributed by atoms with Gasteiger partial charge in [-0.15, -0.1) is 10.2 Å². The molecule has 14 heavy (non-hydrogen) atoms. The van der Waals surface area contributed by atoms with Crippen molar-refractivity contribution in [2.24, 2.45) is 0 Å².